The lowest BCUT2D eigenvalue weighted by molar-refractivity contribution is -0.277. The molecule has 1 aromatic heterocycles. The number of nitriles is 1. The number of nitrogens with zero attached hydrogens (tertiary/aromatic N) is 5. The summed E-state index contributed by atoms with van der Waals surface area (Å²) in [5.74, 6) is -0.899. The number of methoxy groups -OCH3 is 1. The Morgan fingerprint density at radius 1 is 1.16 bits per heavy atom. The number of hydrogen-bond donors (Lipinski definition) is 3. The molecular weight excluding hydrogens is 564 g/mol. The third-order valence-electron chi connectivity index (χ3n) is 8.26. The Morgan fingerprint density at radius 2 is 1.93 bits per heavy atom. The Bertz CT molecular complexity index is 1490. The van der Waals surface area contributed by atoms with E-state index >= 15 is 0 Å². The second-order valence-electron chi connectivity index (χ2n) is 11.4. The van der Waals surface area contributed by atoms with Crippen LogP contribution in [0.5, 0.6) is 0 Å². The lowest BCUT2D eigenvalue weighted by atomic mass is 9.90. The fourth-order valence-electron chi connectivity index (χ4n) is 5.66. The number of rotatable bonds is 11. The maximum absolute atomic E-state index is 12.7. The van der Waals surface area contributed by atoms with E-state index in [1.165, 1.54) is 36.7 Å². The largest absolute Gasteiger partial charge is 0.390 e. The SMILES string of the molecule is CO[C@H]1O[C@H](Cn2cc(COCCNC(=O)/C(C#N)=C/c3ccc4cc(N5CCCCC5)ccc4c3)nn2)[C@@H](O)[C@H](C)[C@H]1O. The second kappa shape index (κ2) is 14.7. The molecule has 0 bridgehead atoms. The molecule has 3 heterocycles. The molecule has 3 N–H and O–H groups in total. The predicted octanol–water partition coefficient (Wildman–Crippen LogP) is 2.39. The topological polar surface area (TPSA) is 155 Å². The first-order valence-electron chi connectivity index (χ1n) is 15.1. The average molecular weight is 605 g/mol. The van der Waals surface area contributed by atoms with Crippen LogP contribution in [-0.4, -0.2) is 89.1 Å². The molecule has 2 fully saturated rings. The summed E-state index contributed by atoms with van der Waals surface area (Å²) in [6.45, 7) is 4.72. The van der Waals surface area contributed by atoms with Crippen molar-refractivity contribution < 1.29 is 29.2 Å². The molecule has 12 heteroatoms. The van der Waals surface area contributed by atoms with E-state index in [-0.39, 0.29) is 31.9 Å². The predicted molar refractivity (Wildman–Crippen MR) is 163 cm³/mol. The molecule has 2 aromatic carbocycles. The van der Waals surface area contributed by atoms with Crippen molar-refractivity contribution >= 4 is 28.4 Å². The summed E-state index contributed by atoms with van der Waals surface area (Å²) < 4.78 is 18.0. The number of aliphatic hydroxyl groups is 2. The van der Waals surface area contributed by atoms with Gasteiger partial charge in [0, 0.05) is 38.3 Å². The average Bonchev–Trinajstić information content (AvgIpc) is 3.50. The normalized spacial score (nSPS) is 24.3. The Kier molecular flexibility index (Phi) is 10.6. The molecule has 12 nitrogen and oxygen atoms in total. The fourth-order valence-corrected chi connectivity index (χ4v) is 5.66. The number of aliphatic hydroxyl groups excluding tert-OH is 2. The first-order valence-corrected chi connectivity index (χ1v) is 15.1. The minimum Gasteiger partial charge on any atom is -0.390 e. The zero-order chi connectivity index (χ0) is 31.1. The van der Waals surface area contributed by atoms with Gasteiger partial charge in [-0.15, -0.1) is 5.10 Å². The van der Waals surface area contributed by atoms with Crippen molar-refractivity contribution in [2.75, 3.05) is 38.3 Å². The zero-order valence-electron chi connectivity index (χ0n) is 25.1. The number of aromatic nitrogens is 3. The van der Waals surface area contributed by atoms with Crippen LogP contribution in [0.15, 0.2) is 48.2 Å². The van der Waals surface area contributed by atoms with E-state index in [0.717, 1.165) is 29.4 Å². The molecule has 0 radical (unpaired) electrons. The van der Waals surface area contributed by atoms with Crippen LogP contribution in [0.25, 0.3) is 16.8 Å². The molecule has 2 aliphatic rings. The van der Waals surface area contributed by atoms with Crippen LogP contribution in [0.2, 0.25) is 0 Å². The molecule has 0 saturated carbocycles. The number of benzene rings is 2. The summed E-state index contributed by atoms with van der Waals surface area (Å²) >= 11 is 0. The number of ether oxygens (including phenoxy) is 3. The van der Waals surface area contributed by atoms with Gasteiger partial charge in [-0.2, -0.15) is 5.26 Å². The van der Waals surface area contributed by atoms with Gasteiger partial charge in [-0.05, 0) is 59.9 Å². The van der Waals surface area contributed by atoms with Gasteiger partial charge < -0.3 is 34.6 Å². The minimum absolute atomic E-state index is 0.0156. The quantitative estimate of drug-likeness (QED) is 0.169. The number of piperidine rings is 1. The molecule has 44 heavy (non-hydrogen) atoms. The van der Waals surface area contributed by atoms with Crippen LogP contribution in [0, 0.1) is 17.2 Å². The summed E-state index contributed by atoms with van der Waals surface area (Å²) in [5, 5.41) is 43.3. The van der Waals surface area contributed by atoms with Gasteiger partial charge in [0.1, 0.15) is 29.5 Å². The van der Waals surface area contributed by atoms with Crippen molar-refractivity contribution in [2.24, 2.45) is 5.92 Å². The Hall–Kier alpha value is -3.86. The van der Waals surface area contributed by atoms with Gasteiger partial charge in [-0.25, -0.2) is 4.68 Å². The summed E-state index contributed by atoms with van der Waals surface area (Å²) in [6, 6.07) is 14.4. The van der Waals surface area contributed by atoms with E-state index < -0.39 is 36.4 Å². The summed E-state index contributed by atoms with van der Waals surface area (Å²) in [5.41, 5.74) is 2.59. The molecule has 2 saturated heterocycles. The third-order valence-corrected chi connectivity index (χ3v) is 8.26. The van der Waals surface area contributed by atoms with Gasteiger partial charge in [-0.3, -0.25) is 4.79 Å². The maximum Gasteiger partial charge on any atom is 0.262 e. The molecule has 1 amide bonds. The zero-order valence-corrected chi connectivity index (χ0v) is 25.1. The molecule has 0 aliphatic carbocycles. The molecule has 0 unspecified atom stereocenters. The van der Waals surface area contributed by atoms with Crippen molar-refractivity contribution in [1.29, 1.82) is 5.26 Å². The number of hydrogen-bond acceptors (Lipinski definition) is 10. The van der Waals surface area contributed by atoms with Crippen LogP contribution < -0.4 is 10.2 Å². The van der Waals surface area contributed by atoms with Gasteiger partial charge in [0.15, 0.2) is 6.29 Å². The van der Waals surface area contributed by atoms with Gasteiger partial charge in [0.25, 0.3) is 5.91 Å². The third kappa shape index (κ3) is 7.61. The molecule has 0 spiro atoms. The molecular formula is C32H40N6O6. The second-order valence-corrected chi connectivity index (χ2v) is 11.4. The van der Waals surface area contributed by atoms with Crippen LogP contribution >= 0.6 is 0 Å². The van der Waals surface area contributed by atoms with E-state index in [1.807, 2.05) is 24.3 Å². The van der Waals surface area contributed by atoms with E-state index in [0.29, 0.717) is 5.69 Å². The van der Waals surface area contributed by atoms with Gasteiger partial charge in [0.2, 0.25) is 0 Å². The van der Waals surface area contributed by atoms with Crippen molar-refractivity contribution in [1.82, 2.24) is 20.3 Å². The van der Waals surface area contributed by atoms with Crippen molar-refractivity contribution in [3.8, 4) is 6.07 Å². The van der Waals surface area contributed by atoms with E-state index in [2.05, 4.69) is 38.7 Å². The number of carbonyl (C=O) groups excluding carboxylic acids is 1. The number of carbonyl (C=O) groups is 1. The monoisotopic (exact) mass is 604 g/mol. The summed E-state index contributed by atoms with van der Waals surface area (Å²) in [7, 11) is 1.44. The minimum atomic E-state index is -0.928. The van der Waals surface area contributed by atoms with Crippen molar-refractivity contribution in [3.05, 3.63) is 59.4 Å². The van der Waals surface area contributed by atoms with Crippen LogP contribution in [0.1, 0.15) is 37.4 Å². The fraction of sp³-hybridized carbons (Fsp3) is 0.500. The Labute approximate surface area is 256 Å². The van der Waals surface area contributed by atoms with Gasteiger partial charge in [0.05, 0.1) is 32.1 Å². The number of fused-ring (bicyclic) bond motifs is 1. The molecule has 234 valence electrons. The van der Waals surface area contributed by atoms with E-state index in [1.54, 1.807) is 19.2 Å². The van der Waals surface area contributed by atoms with E-state index in [9.17, 15) is 20.3 Å². The molecule has 3 aromatic rings. The molecule has 5 atom stereocenters. The van der Waals surface area contributed by atoms with Gasteiger partial charge in [-0.1, -0.05) is 30.3 Å². The highest BCUT2D eigenvalue weighted by Crippen LogP contribution is 2.28. The standard InChI is InChI=1S/C32H40N6O6/c1-21-29(39)28(44-32(42-2)30(21)40)19-38-18-26(35-36-38)20-43-13-10-34-31(41)25(17-33)15-22-6-7-24-16-27(9-8-23(24)14-22)37-11-4-3-5-12-37/h6-9,14-16,18,21,28-30,32,39-40H,3-5,10-13,19-20H2,1-2H3,(H,34,41)/b25-15+/t21-,28+,29-,30+,32-/m0/s1. The Morgan fingerprint density at radius 3 is 2.70 bits per heavy atom. The number of nitrogens with one attached hydrogen (secondary N) is 1. The lowest BCUT2D eigenvalue weighted by Gasteiger charge is -2.40. The number of anilines is 1. The highest BCUT2D eigenvalue weighted by atomic mass is 16.7. The van der Waals surface area contributed by atoms with Crippen molar-refractivity contribution in [2.45, 2.75) is 63.9 Å². The smallest absolute Gasteiger partial charge is 0.262 e. The Balaban J connectivity index is 1.07. The highest BCUT2D eigenvalue weighted by Gasteiger charge is 2.42. The first kappa shape index (κ1) is 31.6. The van der Waals surface area contributed by atoms with Gasteiger partial charge >= 0.3 is 0 Å². The van der Waals surface area contributed by atoms with Crippen molar-refractivity contribution in [3.63, 3.8) is 0 Å². The van der Waals surface area contributed by atoms with Crippen LogP contribution in [0.3, 0.4) is 0 Å². The highest BCUT2D eigenvalue weighted by molar-refractivity contribution is 6.02. The summed E-state index contributed by atoms with van der Waals surface area (Å²) in [6.07, 6.45) is 3.73. The molecule has 5 rings (SSSR count). The summed E-state index contributed by atoms with van der Waals surface area (Å²) in [4.78, 5) is 15.1. The molecule has 2 aliphatic heterocycles. The lowest BCUT2D eigenvalue weighted by Crippen LogP contribution is -2.54. The van der Waals surface area contributed by atoms with Crippen LogP contribution in [-0.2, 0) is 32.2 Å². The number of amides is 1. The van der Waals surface area contributed by atoms with Crippen LogP contribution in [0.4, 0.5) is 5.69 Å². The first-order chi connectivity index (χ1) is 21.4. The van der Waals surface area contributed by atoms with E-state index in [4.69, 9.17) is 14.2 Å². The maximum atomic E-state index is 12.7.